The van der Waals surface area contributed by atoms with Crippen molar-refractivity contribution in [3.8, 4) is 33.6 Å². The van der Waals surface area contributed by atoms with Crippen molar-refractivity contribution in [2.45, 2.75) is 0 Å². The molecular weight excluding hydrogens is 685 g/mol. The SMILES string of the molecule is c1ccc(-n2c3ccccc3c3cc(-c4ccc5c(c4)c4ccccc4n5-c4ccc5ccccc5c4)ccc32)c(-c2cccc3sc4ccccc4c23)c1. The predicted octanol–water partition coefficient (Wildman–Crippen LogP) is 14.7. The van der Waals surface area contributed by atoms with Crippen molar-refractivity contribution in [1.82, 2.24) is 9.13 Å². The summed E-state index contributed by atoms with van der Waals surface area (Å²) in [6.07, 6.45) is 0. The largest absolute Gasteiger partial charge is 0.309 e. The third-order valence-corrected chi connectivity index (χ3v) is 12.6. The van der Waals surface area contributed by atoms with E-state index in [1.54, 1.807) is 0 Å². The monoisotopic (exact) mass is 716 g/mol. The minimum atomic E-state index is 1.18. The van der Waals surface area contributed by atoms with E-state index in [1.807, 2.05) is 11.3 Å². The minimum absolute atomic E-state index is 1.18. The van der Waals surface area contributed by atoms with Gasteiger partial charge >= 0.3 is 0 Å². The highest BCUT2D eigenvalue weighted by Crippen LogP contribution is 2.44. The average molecular weight is 717 g/mol. The second-order valence-electron chi connectivity index (χ2n) is 14.5. The molecule has 0 saturated heterocycles. The Bertz CT molecular complexity index is 3500. The standard InChI is InChI=1S/C52H32N2S/c1-2-13-34-30-37(27-24-33(34)12-1)53-45-19-7-4-15-39(45)43-31-35(25-28-48(43)53)36-26-29-49-44(32-36)40-16-5-9-21-47(40)54(49)46-20-8-3-14-38(46)41-18-11-23-51-52(41)42-17-6-10-22-50(42)55-51/h1-32H. The third kappa shape index (κ3) is 4.54. The molecule has 256 valence electrons. The number of fused-ring (bicyclic) bond motifs is 10. The molecule has 3 heteroatoms. The van der Waals surface area contributed by atoms with Crippen LogP contribution in [0.15, 0.2) is 194 Å². The molecule has 0 unspecified atom stereocenters. The Morgan fingerprint density at radius 1 is 0.327 bits per heavy atom. The Morgan fingerprint density at radius 3 is 1.67 bits per heavy atom. The van der Waals surface area contributed by atoms with Crippen LogP contribution < -0.4 is 0 Å². The van der Waals surface area contributed by atoms with E-state index in [4.69, 9.17) is 0 Å². The molecule has 0 aliphatic rings. The van der Waals surface area contributed by atoms with Gasteiger partial charge in [-0.15, -0.1) is 11.3 Å². The second kappa shape index (κ2) is 11.8. The molecule has 55 heavy (non-hydrogen) atoms. The molecule has 2 nitrogen and oxygen atoms in total. The van der Waals surface area contributed by atoms with Gasteiger partial charge in [-0.2, -0.15) is 0 Å². The Balaban J connectivity index is 1.04. The van der Waals surface area contributed by atoms with Crippen LogP contribution in [0.1, 0.15) is 0 Å². The first-order valence-corrected chi connectivity index (χ1v) is 19.7. The van der Waals surface area contributed by atoms with Gasteiger partial charge in [-0.3, -0.25) is 0 Å². The second-order valence-corrected chi connectivity index (χ2v) is 15.6. The third-order valence-electron chi connectivity index (χ3n) is 11.5. The van der Waals surface area contributed by atoms with Crippen molar-refractivity contribution >= 4 is 85.9 Å². The van der Waals surface area contributed by atoms with Gasteiger partial charge in [0.15, 0.2) is 0 Å². The average Bonchev–Trinajstić information content (AvgIpc) is 3.91. The normalized spacial score (nSPS) is 12.0. The van der Waals surface area contributed by atoms with Gasteiger partial charge in [0.05, 0.1) is 27.8 Å². The van der Waals surface area contributed by atoms with Crippen molar-refractivity contribution in [2.24, 2.45) is 0 Å². The summed E-state index contributed by atoms with van der Waals surface area (Å²) in [6, 6.07) is 71.5. The summed E-state index contributed by atoms with van der Waals surface area (Å²) < 4.78 is 7.52. The van der Waals surface area contributed by atoms with Gasteiger partial charge < -0.3 is 9.13 Å². The fraction of sp³-hybridized carbons (Fsp3) is 0. The number of thiophene rings is 1. The molecule has 0 spiro atoms. The van der Waals surface area contributed by atoms with Gasteiger partial charge in [0.2, 0.25) is 0 Å². The Labute approximate surface area is 321 Å². The maximum absolute atomic E-state index is 2.47. The number of hydrogen-bond donors (Lipinski definition) is 0. The van der Waals surface area contributed by atoms with Gasteiger partial charge in [-0.25, -0.2) is 0 Å². The van der Waals surface area contributed by atoms with Crippen LogP contribution in [0.5, 0.6) is 0 Å². The van der Waals surface area contributed by atoms with E-state index in [0.29, 0.717) is 0 Å². The molecule has 9 aromatic carbocycles. The first kappa shape index (κ1) is 30.5. The van der Waals surface area contributed by atoms with Crippen molar-refractivity contribution in [3.05, 3.63) is 194 Å². The van der Waals surface area contributed by atoms with Crippen molar-refractivity contribution in [1.29, 1.82) is 0 Å². The highest BCUT2D eigenvalue weighted by atomic mass is 32.1. The first-order chi connectivity index (χ1) is 27.3. The van der Waals surface area contributed by atoms with E-state index in [1.165, 1.54) is 108 Å². The van der Waals surface area contributed by atoms with Crippen LogP contribution in [0, 0.1) is 0 Å². The predicted molar refractivity (Wildman–Crippen MR) is 236 cm³/mol. The molecule has 0 fully saturated rings. The van der Waals surface area contributed by atoms with Crippen LogP contribution in [0.25, 0.3) is 108 Å². The lowest BCUT2D eigenvalue weighted by molar-refractivity contribution is 1.18. The summed E-state index contributed by atoms with van der Waals surface area (Å²) in [7, 11) is 0. The van der Waals surface area contributed by atoms with Crippen LogP contribution >= 0.6 is 11.3 Å². The van der Waals surface area contributed by atoms with Crippen molar-refractivity contribution in [3.63, 3.8) is 0 Å². The fourth-order valence-corrected chi connectivity index (χ4v) is 10.2. The number of nitrogens with zero attached hydrogens (tertiary/aromatic N) is 2. The number of hydrogen-bond acceptors (Lipinski definition) is 1. The lowest BCUT2D eigenvalue weighted by Crippen LogP contribution is -1.97. The van der Waals surface area contributed by atoms with E-state index < -0.39 is 0 Å². The maximum atomic E-state index is 2.47. The minimum Gasteiger partial charge on any atom is -0.309 e. The van der Waals surface area contributed by atoms with Crippen LogP contribution in [-0.2, 0) is 0 Å². The number of para-hydroxylation sites is 3. The molecule has 3 heterocycles. The lowest BCUT2D eigenvalue weighted by Gasteiger charge is -2.15. The van der Waals surface area contributed by atoms with Gasteiger partial charge in [0, 0.05) is 53.0 Å². The van der Waals surface area contributed by atoms with Gasteiger partial charge in [0.25, 0.3) is 0 Å². The summed E-state index contributed by atoms with van der Waals surface area (Å²) in [5.74, 6) is 0. The molecule has 0 bridgehead atoms. The summed E-state index contributed by atoms with van der Waals surface area (Å²) in [6.45, 7) is 0. The molecule has 12 aromatic rings. The van der Waals surface area contributed by atoms with Crippen molar-refractivity contribution in [2.75, 3.05) is 0 Å². The molecule has 0 amide bonds. The molecule has 0 saturated carbocycles. The first-order valence-electron chi connectivity index (χ1n) is 18.8. The van der Waals surface area contributed by atoms with Crippen LogP contribution in [0.3, 0.4) is 0 Å². The lowest BCUT2D eigenvalue weighted by atomic mass is 9.97. The van der Waals surface area contributed by atoms with Gasteiger partial charge in [-0.1, -0.05) is 127 Å². The Hall–Kier alpha value is -6.94. The zero-order valence-corrected chi connectivity index (χ0v) is 30.6. The van der Waals surface area contributed by atoms with E-state index in [-0.39, 0.29) is 0 Å². The highest BCUT2D eigenvalue weighted by Gasteiger charge is 2.19. The van der Waals surface area contributed by atoms with E-state index in [9.17, 15) is 0 Å². The molecule has 0 atom stereocenters. The quantitative estimate of drug-likeness (QED) is 0.172. The van der Waals surface area contributed by atoms with Crippen LogP contribution in [0.4, 0.5) is 0 Å². The molecule has 0 aliphatic carbocycles. The molecule has 0 radical (unpaired) electrons. The number of rotatable bonds is 4. The van der Waals surface area contributed by atoms with E-state index >= 15 is 0 Å². The summed E-state index contributed by atoms with van der Waals surface area (Å²) in [4.78, 5) is 0. The van der Waals surface area contributed by atoms with E-state index in [2.05, 4.69) is 203 Å². The Morgan fingerprint density at radius 2 is 0.891 bits per heavy atom. The van der Waals surface area contributed by atoms with Gasteiger partial charge in [-0.05, 0) is 94.2 Å². The molecule has 12 rings (SSSR count). The zero-order chi connectivity index (χ0) is 36.0. The molecule has 3 aromatic heterocycles. The van der Waals surface area contributed by atoms with Gasteiger partial charge in [0.1, 0.15) is 0 Å². The zero-order valence-electron chi connectivity index (χ0n) is 29.8. The number of benzene rings is 9. The smallest absolute Gasteiger partial charge is 0.0541 e. The topological polar surface area (TPSA) is 9.86 Å². The fourth-order valence-electron chi connectivity index (χ4n) is 9.05. The molecular formula is C52H32N2S. The molecule has 0 aliphatic heterocycles. The molecule has 0 N–H and O–H groups in total. The van der Waals surface area contributed by atoms with E-state index in [0.717, 1.165) is 0 Å². The summed E-state index contributed by atoms with van der Waals surface area (Å²) in [5, 5.41) is 10.2. The van der Waals surface area contributed by atoms with Crippen molar-refractivity contribution < 1.29 is 0 Å². The summed E-state index contributed by atoms with van der Waals surface area (Å²) in [5.41, 5.74) is 12.1. The Kier molecular flexibility index (Phi) is 6.54. The summed E-state index contributed by atoms with van der Waals surface area (Å²) >= 11 is 1.87. The van der Waals surface area contributed by atoms with Crippen LogP contribution in [0.2, 0.25) is 0 Å². The maximum Gasteiger partial charge on any atom is 0.0541 e. The highest BCUT2D eigenvalue weighted by molar-refractivity contribution is 7.25. The van der Waals surface area contributed by atoms with Crippen LogP contribution in [-0.4, -0.2) is 9.13 Å². The number of aromatic nitrogens is 2.